The molecule has 2 aromatic rings. The molecule has 4 rings (SSSR count). The highest BCUT2D eigenvalue weighted by atomic mass is 35.5. The lowest BCUT2D eigenvalue weighted by molar-refractivity contribution is -0.113. The molecule has 2 atom stereocenters. The fourth-order valence-electron chi connectivity index (χ4n) is 3.82. The number of amides is 1. The molecule has 2 aromatic carbocycles. The number of rotatable bonds is 4. The van der Waals surface area contributed by atoms with Crippen LogP contribution in [0.2, 0.25) is 10.0 Å². The van der Waals surface area contributed by atoms with E-state index in [1.165, 1.54) is 11.8 Å². The first kappa shape index (κ1) is 22.5. The van der Waals surface area contributed by atoms with E-state index in [0.29, 0.717) is 20.9 Å². The second kappa shape index (κ2) is 8.65. The lowest BCUT2D eigenvalue weighted by Crippen LogP contribution is -2.39. The van der Waals surface area contributed by atoms with Crippen molar-refractivity contribution < 1.29 is 13.2 Å². The van der Waals surface area contributed by atoms with Crippen molar-refractivity contribution in [2.45, 2.75) is 25.9 Å². The summed E-state index contributed by atoms with van der Waals surface area (Å²) in [7, 11) is -3.17. The summed E-state index contributed by atoms with van der Waals surface area (Å²) in [5.74, 6) is -0.00999. The van der Waals surface area contributed by atoms with Gasteiger partial charge in [-0.05, 0) is 49.2 Å². The minimum atomic E-state index is -3.17. The van der Waals surface area contributed by atoms with Gasteiger partial charge in [0.15, 0.2) is 15.0 Å². The zero-order valence-electron chi connectivity index (χ0n) is 16.9. The van der Waals surface area contributed by atoms with Gasteiger partial charge in [0.05, 0.1) is 29.3 Å². The highest BCUT2D eigenvalue weighted by Gasteiger charge is 2.47. The maximum Gasteiger partial charge on any atom is 0.234 e. The van der Waals surface area contributed by atoms with Crippen LogP contribution in [0, 0.1) is 13.8 Å². The van der Waals surface area contributed by atoms with Crippen LogP contribution in [-0.2, 0) is 14.6 Å². The molecule has 2 aliphatic heterocycles. The molecule has 1 amide bonds. The molecule has 0 bridgehead atoms. The van der Waals surface area contributed by atoms with E-state index in [1.54, 1.807) is 18.2 Å². The Hall–Kier alpha value is -1.74. The summed E-state index contributed by atoms with van der Waals surface area (Å²) in [6.45, 7) is 3.96. The highest BCUT2D eigenvalue weighted by Crippen LogP contribution is 2.37. The van der Waals surface area contributed by atoms with Gasteiger partial charge in [-0.25, -0.2) is 8.42 Å². The largest absolute Gasteiger partial charge is 0.325 e. The molecule has 0 aliphatic carbocycles. The van der Waals surface area contributed by atoms with E-state index >= 15 is 0 Å². The second-order valence-corrected chi connectivity index (χ2v) is 11.7. The highest BCUT2D eigenvalue weighted by molar-refractivity contribution is 8.14. The summed E-state index contributed by atoms with van der Waals surface area (Å²) in [5, 5.41) is 4.43. The van der Waals surface area contributed by atoms with Crippen molar-refractivity contribution in [3.8, 4) is 0 Å². The van der Waals surface area contributed by atoms with Crippen molar-refractivity contribution in [1.82, 2.24) is 0 Å². The molecule has 0 saturated carbocycles. The van der Waals surface area contributed by atoms with Gasteiger partial charge >= 0.3 is 0 Å². The lowest BCUT2D eigenvalue weighted by Gasteiger charge is -2.26. The van der Waals surface area contributed by atoms with E-state index in [9.17, 15) is 13.2 Å². The third-order valence-electron chi connectivity index (χ3n) is 5.44. The van der Waals surface area contributed by atoms with Crippen LogP contribution in [0.4, 0.5) is 11.4 Å². The molecular formula is C21H21Cl2N3O3S2. The molecule has 6 nitrogen and oxygen atoms in total. The molecule has 2 aliphatic rings. The number of nitrogens with zero attached hydrogens (tertiary/aromatic N) is 2. The standard InChI is InChI=1S/C21H21Cl2N3O3S2/c1-12-4-3-5-17(13(12)2)24-20(27)9-30-21-25-18-10-31(28,29)11-19(18)26(21)16-7-14(22)6-15(23)8-16/h3-8,18-19H,9-11H2,1-2H3,(H,24,27). The number of carbonyl (C=O) groups excluding carboxylic acids is 1. The number of sulfone groups is 1. The van der Waals surface area contributed by atoms with Gasteiger partial charge < -0.3 is 10.2 Å². The third kappa shape index (κ3) is 4.87. The van der Waals surface area contributed by atoms with Crippen molar-refractivity contribution in [1.29, 1.82) is 0 Å². The van der Waals surface area contributed by atoms with Crippen LogP contribution in [0.1, 0.15) is 11.1 Å². The average Bonchev–Trinajstić information content (AvgIpc) is 3.14. The number of anilines is 2. The molecule has 1 fully saturated rings. The Morgan fingerprint density at radius 1 is 1.19 bits per heavy atom. The van der Waals surface area contributed by atoms with E-state index in [0.717, 1.165) is 16.8 Å². The number of hydrogen-bond donors (Lipinski definition) is 1. The van der Waals surface area contributed by atoms with Crippen LogP contribution in [0.5, 0.6) is 0 Å². The summed E-state index contributed by atoms with van der Waals surface area (Å²) < 4.78 is 24.3. The van der Waals surface area contributed by atoms with Crippen LogP contribution >= 0.6 is 35.0 Å². The van der Waals surface area contributed by atoms with Crippen LogP contribution in [0.15, 0.2) is 41.4 Å². The third-order valence-corrected chi connectivity index (χ3v) is 8.55. The number of amidine groups is 1. The number of fused-ring (bicyclic) bond motifs is 1. The quantitative estimate of drug-likeness (QED) is 0.679. The topological polar surface area (TPSA) is 78.8 Å². The first-order valence-corrected chi connectivity index (χ1v) is 13.2. The molecule has 10 heteroatoms. The molecule has 1 saturated heterocycles. The smallest absolute Gasteiger partial charge is 0.234 e. The Labute approximate surface area is 195 Å². The molecule has 1 N–H and O–H groups in total. The van der Waals surface area contributed by atoms with Crippen LogP contribution < -0.4 is 10.2 Å². The number of hydrogen-bond acceptors (Lipinski definition) is 6. The molecule has 0 aromatic heterocycles. The minimum Gasteiger partial charge on any atom is -0.325 e. The first-order valence-electron chi connectivity index (χ1n) is 9.65. The number of aryl methyl sites for hydroxylation is 1. The van der Waals surface area contributed by atoms with E-state index in [2.05, 4.69) is 10.3 Å². The summed E-state index contributed by atoms with van der Waals surface area (Å²) in [6, 6.07) is 10.1. The predicted molar refractivity (Wildman–Crippen MR) is 130 cm³/mol. The first-order chi connectivity index (χ1) is 14.6. The Bertz CT molecular complexity index is 1160. The summed E-state index contributed by atoms with van der Waals surface area (Å²) in [6.07, 6.45) is 0. The normalized spacial score (nSPS) is 21.7. The fraction of sp³-hybridized carbons (Fsp3) is 0.333. The van der Waals surface area contributed by atoms with Crippen molar-refractivity contribution in [2.75, 3.05) is 27.5 Å². The van der Waals surface area contributed by atoms with E-state index < -0.39 is 9.84 Å². The summed E-state index contributed by atoms with van der Waals surface area (Å²) in [5.41, 5.74) is 3.57. The van der Waals surface area contributed by atoms with Gasteiger partial charge in [0.25, 0.3) is 0 Å². The molecule has 2 heterocycles. The Morgan fingerprint density at radius 3 is 2.61 bits per heavy atom. The number of halogens is 2. The van der Waals surface area contributed by atoms with Crippen molar-refractivity contribution in [3.63, 3.8) is 0 Å². The van der Waals surface area contributed by atoms with Gasteiger partial charge in [0, 0.05) is 21.4 Å². The van der Waals surface area contributed by atoms with E-state index in [4.69, 9.17) is 23.2 Å². The molecule has 0 radical (unpaired) electrons. The van der Waals surface area contributed by atoms with E-state index in [-0.39, 0.29) is 35.2 Å². The molecule has 2 unspecified atom stereocenters. The van der Waals surface area contributed by atoms with Crippen molar-refractivity contribution >= 4 is 67.3 Å². The second-order valence-electron chi connectivity index (χ2n) is 7.71. The SMILES string of the molecule is Cc1cccc(NC(=O)CSC2=NC3CS(=O)(=O)CC3N2c2cc(Cl)cc(Cl)c2)c1C. The van der Waals surface area contributed by atoms with Crippen LogP contribution in [0.25, 0.3) is 0 Å². The Morgan fingerprint density at radius 2 is 1.90 bits per heavy atom. The molecule has 31 heavy (non-hydrogen) atoms. The zero-order chi connectivity index (χ0) is 22.3. The van der Waals surface area contributed by atoms with Gasteiger partial charge in [0.2, 0.25) is 5.91 Å². The zero-order valence-corrected chi connectivity index (χ0v) is 20.1. The summed E-state index contributed by atoms with van der Waals surface area (Å²) >= 11 is 13.6. The van der Waals surface area contributed by atoms with Crippen LogP contribution in [0.3, 0.4) is 0 Å². The number of thioether (sulfide) groups is 1. The number of carbonyl (C=O) groups is 1. The molecule has 164 valence electrons. The van der Waals surface area contributed by atoms with Crippen LogP contribution in [-0.4, -0.2) is 48.8 Å². The lowest BCUT2D eigenvalue weighted by atomic mass is 10.1. The predicted octanol–water partition coefficient (Wildman–Crippen LogP) is 4.32. The Balaban J connectivity index is 1.54. The van der Waals surface area contributed by atoms with Gasteiger partial charge in [-0.1, -0.05) is 47.1 Å². The van der Waals surface area contributed by atoms with Crippen molar-refractivity contribution in [2.24, 2.45) is 4.99 Å². The number of nitrogens with one attached hydrogen (secondary N) is 1. The van der Waals surface area contributed by atoms with Gasteiger partial charge in [-0.3, -0.25) is 9.79 Å². The Kier molecular flexibility index (Phi) is 6.27. The average molecular weight is 498 g/mol. The minimum absolute atomic E-state index is 0.00120. The van der Waals surface area contributed by atoms with Gasteiger partial charge in [-0.15, -0.1) is 0 Å². The van der Waals surface area contributed by atoms with E-state index in [1.807, 2.05) is 36.9 Å². The molecular weight excluding hydrogens is 477 g/mol. The van der Waals surface area contributed by atoms with Crippen molar-refractivity contribution in [3.05, 3.63) is 57.6 Å². The maximum absolute atomic E-state index is 12.6. The fourth-order valence-corrected chi connectivity index (χ4v) is 7.10. The number of aliphatic imine (C=N–C) groups is 1. The molecule has 0 spiro atoms. The maximum atomic E-state index is 12.6. The van der Waals surface area contributed by atoms with Gasteiger partial charge in [-0.2, -0.15) is 0 Å². The summed E-state index contributed by atoms with van der Waals surface area (Å²) in [4.78, 5) is 19.1. The van der Waals surface area contributed by atoms with Gasteiger partial charge in [0.1, 0.15) is 0 Å². The number of benzene rings is 2. The monoisotopic (exact) mass is 497 g/mol.